The average Bonchev–Trinajstić information content (AvgIpc) is 2.63. The quantitative estimate of drug-likeness (QED) is 0.735. The van der Waals surface area contributed by atoms with Crippen LogP contribution < -0.4 is 5.59 Å². The lowest BCUT2D eigenvalue weighted by Gasteiger charge is -2.32. The van der Waals surface area contributed by atoms with Crippen LogP contribution in [0.1, 0.15) is 66.2 Å². The Bertz CT molecular complexity index is 671. The monoisotopic (exact) mass is 270 g/mol. The topological polar surface area (TPSA) is 31.4 Å². The molecule has 1 aromatic heterocycles. The maximum atomic E-state index is 7.75. The Kier molecular flexibility index (Phi) is 1.53. The molecule has 0 saturated carbocycles. The predicted octanol–water partition coefficient (Wildman–Crippen LogP) is 2.68. The van der Waals surface area contributed by atoms with Crippen molar-refractivity contribution in [1.29, 1.82) is 0 Å². The van der Waals surface area contributed by atoms with E-state index in [-0.39, 0.29) is 5.59 Å². The van der Waals surface area contributed by atoms with Crippen LogP contribution in [0.2, 0.25) is 0 Å². The lowest BCUT2D eigenvalue weighted by molar-refractivity contribution is 0.00578. The minimum Gasteiger partial charge on any atom is -0.398 e. The molecule has 0 bridgehead atoms. The fraction of sp³-hybridized carbons (Fsp3) is 0.667. The Balaban J connectivity index is 2.55. The van der Waals surface area contributed by atoms with Gasteiger partial charge in [-0.15, -0.1) is 0 Å². The zero-order valence-electron chi connectivity index (χ0n) is 20.6. The van der Waals surface area contributed by atoms with E-state index in [0.29, 0.717) is 0 Å². The summed E-state index contributed by atoms with van der Waals surface area (Å²) < 4.78 is 81.4. The molecule has 0 atom stereocenters. The minimum absolute atomic E-state index is 0.290. The molecule has 104 valence electrons. The van der Waals surface area contributed by atoms with Gasteiger partial charge in [-0.25, -0.2) is 0 Å². The molecule has 1 saturated heterocycles. The highest BCUT2D eigenvalue weighted by Crippen LogP contribution is 2.36. The van der Waals surface area contributed by atoms with Crippen LogP contribution in [0.3, 0.4) is 0 Å². The number of rotatable bonds is 1. The van der Waals surface area contributed by atoms with Gasteiger partial charge in [-0.1, -0.05) is 26.6 Å². The van der Waals surface area contributed by atoms with Crippen molar-refractivity contribution >= 4 is 12.7 Å². The van der Waals surface area contributed by atoms with E-state index in [1.807, 2.05) is 27.7 Å². The van der Waals surface area contributed by atoms with E-state index in [4.69, 9.17) is 21.6 Å². The largest absolute Gasteiger partial charge is 0.514 e. The van der Waals surface area contributed by atoms with E-state index < -0.39 is 49.9 Å². The van der Waals surface area contributed by atoms with Crippen LogP contribution in [-0.2, 0) is 14.7 Å². The number of aromatic nitrogens is 1. The predicted molar refractivity (Wildman–Crippen MR) is 78.7 cm³/mol. The van der Waals surface area contributed by atoms with E-state index in [1.54, 1.807) is 0 Å². The third-order valence-electron chi connectivity index (χ3n) is 3.71. The van der Waals surface area contributed by atoms with Gasteiger partial charge in [0.05, 0.1) is 16.8 Å². The zero-order chi connectivity index (χ0) is 22.0. The summed E-state index contributed by atoms with van der Waals surface area (Å²) in [7, 11) is -0.846. The van der Waals surface area contributed by atoms with Crippen molar-refractivity contribution in [3.8, 4) is 0 Å². The average molecular weight is 270 g/mol. The SMILES string of the molecule is [2H]C([2H])([2H])C(c1ccc(B2OC(C)(C)C(C)(C)O2)nc1)(C([2H])([2H])[2H])C([2H])([2H])[2H]. The molecule has 1 aromatic rings. The molecule has 0 unspecified atom stereocenters. The van der Waals surface area contributed by atoms with Gasteiger partial charge < -0.3 is 9.31 Å². The smallest absolute Gasteiger partial charge is 0.398 e. The van der Waals surface area contributed by atoms with Crippen LogP contribution in [0.5, 0.6) is 0 Å². The molecule has 0 amide bonds. The van der Waals surface area contributed by atoms with Crippen molar-refractivity contribution in [3.63, 3.8) is 0 Å². The molecule has 4 heteroatoms. The molecular formula is C15H24BNO2. The first-order valence-corrected chi connectivity index (χ1v) is 6.10. The van der Waals surface area contributed by atoms with Crippen LogP contribution in [0.15, 0.2) is 18.3 Å². The Labute approximate surface area is 129 Å². The second kappa shape index (κ2) is 4.32. The highest BCUT2D eigenvalue weighted by Gasteiger charge is 2.52. The second-order valence-corrected chi connectivity index (χ2v) is 5.81. The molecule has 3 nitrogen and oxygen atoms in total. The van der Waals surface area contributed by atoms with E-state index in [2.05, 4.69) is 4.98 Å². The van der Waals surface area contributed by atoms with E-state index in [0.717, 1.165) is 6.20 Å². The van der Waals surface area contributed by atoms with Gasteiger partial charge in [0.15, 0.2) is 0 Å². The summed E-state index contributed by atoms with van der Waals surface area (Å²) in [6.07, 6.45) is 0.978. The van der Waals surface area contributed by atoms with Crippen LogP contribution in [0.4, 0.5) is 0 Å². The molecule has 19 heavy (non-hydrogen) atoms. The fourth-order valence-electron chi connectivity index (χ4n) is 1.73. The zero-order valence-corrected chi connectivity index (χ0v) is 11.6. The first-order valence-electron chi connectivity index (χ1n) is 10.6. The van der Waals surface area contributed by atoms with Crippen molar-refractivity contribution in [2.75, 3.05) is 0 Å². The Hall–Kier alpha value is -0.865. The van der Waals surface area contributed by atoms with Gasteiger partial charge in [0.1, 0.15) is 0 Å². The molecular weight excluding hydrogens is 237 g/mol. The van der Waals surface area contributed by atoms with Gasteiger partial charge in [-0.05, 0) is 44.7 Å². The van der Waals surface area contributed by atoms with Gasteiger partial charge in [-0.2, -0.15) is 0 Å². The Morgan fingerprint density at radius 3 is 2.11 bits per heavy atom. The molecule has 0 aromatic carbocycles. The first-order chi connectivity index (χ1) is 12.3. The lowest BCUT2D eigenvalue weighted by atomic mass is 9.82. The van der Waals surface area contributed by atoms with Crippen LogP contribution >= 0.6 is 0 Å². The van der Waals surface area contributed by atoms with Gasteiger partial charge in [0.2, 0.25) is 0 Å². The molecule has 0 spiro atoms. The molecule has 1 aliphatic heterocycles. The highest BCUT2D eigenvalue weighted by atomic mass is 16.7. The number of hydrogen-bond donors (Lipinski definition) is 0. The summed E-state index contributed by atoms with van der Waals surface area (Å²) in [5.41, 5.74) is -4.45. The van der Waals surface area contributed by atoms with E-state index in [1.165, 1.54) is 12.1 Å². The van der Waals surface area contributed by atoms with Crippen molar-refractivity contribution in [1.82, 2.24) is 4.98 Å². The van der Waals surface area contributed by atoms with Crippen molar-refractivity contribution in [2.45, 2.75) is 64.9 Å². The van der Waals surface area contributed by atoms with Gasteiger partial charge >= 0.3 is 7.12 Å². The molecule has 1 aliphatic rings. The third kappa shape index (κ3) is 2.70. The first kappa shape index (κ1) is 6.73. The third-order valence-corrected chi connectivity index (χ3v) is 3.71. The lowest BCUT2D eigenvalue weighted by Crippen LogP contribution is -2.41. The second-order valence-electron chi connectivity index (χ2n) is 5.81. The summed E-state index contributed by atoms with van der Waals surface area (Å²) in [6, 6.07) is 2.51. The minimum atomic E-state index is -3.32. The van der Waals surface area contributed by atoms with Crippen molar-refractivity contribution in [3.05, 3.63) is 23.9 Å². The molecule has 0 aliphatic carbocycles. The molecule has 1 fully saturated rings. The van der Waals surface area contributed by atoms with Crippen LogP contribution in [0.25, 0.3) is 0 Å². The molecule has 0 N–H and O–H groups in total. The van der Waals surface area contributed by atoms with Crippen molar-refractivity contribution in [2.24, 2.45) is 0 Å². The van der Waals surface area contributed by atoms with Gasteiger partial charge in [-0.3, -0.25) is 4.98 Å². The number of nitrogens with zero attached hydrogens (tertiary/aromatic N) is 1. The van der Waals surface area contributed by atoms with Crippen LogP contribution in [0, 0.1) is 0 Å². The maximum absolute atomic E-state index is 7.75. The normalized spacial score (nSPS) is 30.7. The summed E-state index contributed by atoms with van der Waals surface area (Å²) in [5, 5.41) is 0. The van der Waals surface area contributed by atoms with Crippen molar-refractivity contribution < 1.29 is 21.6 Å². The highest BCUT2D eigenvalue weighted by molar-refractivity contribution is 6.61. The number of hydrogen-bond acceptors (Lipinski definition) is 3. The summed E-state index contributed by atoms with van der Waals surface area (Å²) >= 11 is 0. The fourth-order valence-corrected chi connectivity index (χ4v) is 1.73. The van der Waals surface area contributed by atoms with Gasteiger partial charge in [0.25, 0.3) is 0 Å². The van der Waals surface area contributed by atoms with Gasteiger partial charge in [0, 0.05) is 18.5 Å². The number of pyridine rings is 1. The summed E-state index contributed by atoms with van der Waals surface area (Å²) in [5.74, 6) is 0. The molecule has 2 rings (SSSR count). The molecule has 0 radical (unpaired) electrons. The Morgan fingerprint density at radius 1 is 1.11 bits per heavy atom. The summed E-state index contributed by atoms with van der Waals surface area (Å²) in [4.78, 5) is 4.10. The maximum Gasteiger partial charge on any atom is 0.514 e. The van der Waals surface area contributed by atoms with Crippen LogP contribution in [-0.4, -0.2) is 23.3 Å². The summed E-state index contributed by atoms with van der Waals surface area (Å²) in [6.45, 7) is -2.56. The standard InChI is InChI=1S/C15H24BNO2/c1-13(2,3)11-8-9-12(17-10-11)16-18-14(4,5)15(6,7)19-16/h8-10H,1-7H3/i1D3,2D3,3D3. The Morgan fingerprint density at radius 2 is 1.68 bits per heavy atom. The molecule has 2 heterocycles. The van der Waals surface area contributed by atoms with E-state index >= 15 is 0 Å². The van der Waals surface area contributed by atoms with E-state index in [9.17, 15) is 0 Å².